The lowest BCUT2D eigenvalue weighted by Crippen LogP contribution is -2.44. The first-order valence-corrected chi connectivity index (χ1v) is 8.12. The van der Waals surface area contributed by atoms with Crippen molar-refractivity contribution in [3.63, 3.8) is 0 Å². The number of piperidine rings is 1. The smallest absolute Gasteiger partial charge is 0.320 e. The van der Waals surface area contributed by atoms with Gasteiger partial charge in [-0.25, -0.2) is 9.67 Å². The van der Waals surface area contributed by atoms with Crippen LogP contribution in [0.4, 0.5) is 0 Å². The highest BCUT2D eigenvalue weighted by atomic mass is 16.5. The third kappa shape index (κ3) is 3.73. The lowest BCUT2D eigenvalue weighted by Gasteiger charge is -2.33. The van der Waals surface area contributed by atoms with Crippen LogP contribution in [0.25, 0.3) is 0 Å². The Kier molecular flexibility index (Phi) is 5.10. The first kappa shape index (κ1) is 16.4. The number of nitrogens with zero attached hydrogens (tertiary/aromatic N) is 4. The molecule has 1 atom stereocenters. The number of rotatable bonds is 6. The molecule has 0 spiro atoms. The molecule has 1 N–H and O–H groups in total. The summed E-state index contributed by atoms with van der Waals surface area (Å²) in [5.41, 5.74) is 2.09. The standard InChI is InChI=1S/C17H22N4O3/c1-24-16-6-5-13(8-14(16)10-21-12-18-11-19-21)9-20-7-3-2-4-15(20)17(22)23/h5-6,8,11-12,15H,2-4,7,9-10H2,1H3,(H,22,23)/t15-/m1/s1. The third-order valence-corrected chi connectivity index (χ3v) is 4.43. The molecule has 3 rings (SSSR count). The molecule has 0 unspecified atom stereocenters. The van der Waals surface area contributed by atoms with E-state index in [1.807, 2.05) is 17.0 Å². The fourth-order valence-electron chi connectivity index (χ4n) is 3.24. The average Bonchev–Trinajstić information content (AvgIpc) is 3.08. The fourth-order valence-corrected chi connectivity index (χ4v) is 3.24. The normalized spacial score (nSPS) is 18.5. The third-order valence-electron chi connectivity index (χ3n) is 4.43. The van der Waals surface area contributed by atoms with E-state index in [0.29, 0.717) is 13.1 Å². The van der Waals surface area contributed by atoms with Gasteiger partial charge in [-0.05, 0) is 37.1 Å². The second kappa shape index (κ2) is 7.44. The van der Waals surface area contributed by atoms with Crippen LogP contribution in [0, 0.1) is 0 Å². The Bertz CT molecular complexity index is 687. The fraction of sp³-hybridized carbons (Fsp3) is 0.471. The van der Waals surface area contributed by atoms with Crippen LogP contribution in [-0.2, 0) is 17.9 Å². The van der Waals surface area contributed by atoms with Crippen LogP contribution in [0.1, 0.15) is 30.4 Å². The Labute approximate surface area is 140 Å². The number of carbonyl (C=O) groups is 1. The van der Waals surface area contributed by atoms with Crippen molar-refractivity contribution in [2.24, 2.45) is 0 Å². The Balaban J connectivity index is 1.79. The number of methoxy groups -OCH3 is 1. The van der Waals surface area contributed by atoms with E-state index in [1.54, 1.807) is 18.1 Å². The van der Waals surface area contributed by atoms with Gasteiger partial charge in [0, 0.05) is 12.1 Å². The lowest BCUT2D eigenvalue weighted by atomic mass is 10.0. The van der Waals surface area contributed by atoms with Crippen molar-refractivity contribution in [3.8, 4) is 5.75 Å². The Hall–Kier alpha value is -2.41. The first-order chi connectivity index (χ1) is 11.7. The van der Waals surface area contributed by atoms with E-state index in [4.69, 9.17) is 4.74 Å². The topological polar surface area (TPSA) is 80.5 Å². The summed E-state index contributed by atoms with van der Waals surface area (Å²) in [7, 11) is 1.64. The molecule has 1 aromatic heterocycles. The number of hydrogen-bond donors (Lipinski definition) is 1. The maximum atomic E-state index is 11.5. The number of ether oxygens (including phenoxy) is 1. The van der Waals surface area contributed by atoms with Crippen LogP contribution in [0.3, 0.4) is 0 Å². The number of benzene rings is 1. The minimum atomic E-state index is -0.731. The number of aromatic nitrogens is 3. The van der Waals surface area contributed by atoms with E-state index in [1.165, 1.54) is 6.33 Å². The molecule has 1 aliphatic heterocycles. The molecule has 7 nitrogen and oxygen atoms in total. The summed E-state index contributed by atoms with van der Waals surface area (Å²) in [5, 5.41) is 13.5. The monoisotopic (exact) mass is 330 g/mol. The molecule has 1 fully saturated rings. The minimum Gasteiger partial charge on any atom is -0.496 e. The van der Waals surface area contributed by atoms with Crippen molar-refractivity contribution in [1.29, 1.82) is 0 Å². The summed E-state index contributed by atoms with van der Waals surface area (Å²) in [6.07, 6.45) is 5.91. The SMILES string of the molecule is COc1ccc(CN2CCCC[C@@H]2C(=O)O)cc1Cn1cncn1. The Morgan fingerprint density at radius 3 is 2.96 bits per heavy atom. The van der Waals surface area contributed by atoms with Crippen LogP contribution >= 0.6 is 0 Å². The quantitative estimate of drug-likeness (QED) is 0.869. The molecule has 1 aliphatic rings. The summed E-state index contributed by atoms with van der Waals surface area (Å²) < 4.78 is 7.17. The zero-order valence-corrected chi connectivity index (χ0v) is 13.8. The molecule has 1 saturated heterocycles. The highest BCUT2D eigenvalue weighted by Crippen LogP contribution is 2.24. The summed E-state index contributed by atoms with van der Waals surface area (Å²) >= 11 is 0. The molecule has 2 aromatic rings. The predicted molar refractivity (Wildman–Crippen MR) is 87.8 cm³/mol. The maximum Gasteiger partial charge on any atom is 0.320 e. The number of aliphatic carboxylic acids is 1. The second-order valence-electron chi connectivity index (χ2n) is 6.06. The van der Waals surface area contributed by atoms with Crippen molar-refractivity contribution in [2.45, 2.75) is 38.4 Å². The van der Waals surface area contributed by atoms with Crippen LogP contribution in [0.2, 0.25) is 0 Å². The van der Waals surface area contributed by atoms with Crippen molar-refractivity contribution in [1.82, 2.24) is 19.7 Å². The van der Waals surface area contributed by atoms with E-state index in [9.17, 15) is 9.90 Å². The molecule has 0 amide bonds. The van der Waals surface area contributed by atoms with Gasteiger partial charge in [-0.15, -0.1) is 0 Å². The molecule has 1 aromatic carbocycles. The highest BCUT2D eigenvalue weighted by Gasteiger charge is 2.28. The molecule has 0 aliphatic carbocycles. The summed E-state index contributed by atoms with van der Waals surface area (Å²) in [6, 6.07) is 5.60. The predicted octanol–water partition coefficient (Wildman–Crippen LogP) is 1.77. The molecular weight excluding hydrogens is 308 g/mol. The van der Waals surface area contributed by atoms with Crippen LogP contribution in [0.5, 0.6) is 5.75 Å². The molecular formula is C17H22N4O3. The largest absolute Gasteiger partial charge is 0.496 e. The van der Waals surface area contributed by atoms with Gasteiger partial charge in [0.1, 0.15) is 24.4 Å². The van der Waals surface area contributed by atoms with Gasteiger partial charge in [0.2, 0.25) is 0 Å². The number of likely N-dealkylation sites (tertiary alicyclic amines) is 1. The van der Waals surface area contributed by atoms with Gasteiger partial charge in [-0.2, -0.15) is 5.10 Å². The molecule has 0 bridgehead atoms. The van der Waals surface area contributed by atoms with Crippen LogP contribution in [-0.4, -0.2) is 50.4 Å². The minimum absolute atomic E-state index is 0.389. The van der Waals surface area contributed by atoms with E-state index >= 15 is 0 Å². The van der Waals surface area contributed by atoms with Crippen molar-refractivity contribution < 1.29 is 14.6 Å². The van der Waals surface area contributed by atoms with E-state index in [0.717, 1.165) is 42.7 Å². The zero-order chi connectivity index (χ0) is 16.9. The molecule has 7 heteroatoms. The van der Waals surface area contributed by atoms with Gasteiger partial charge in [-0.3, -0.25) is 9.69 Å². The van der Waals surface area contributed by atoms with Gasteiger partial charge in [0.05, 0.1) is 13.7 Å². The molecule has 2 heterocycles. The number of carboxylic acid groups (broad SMARTS) is 1. The number of hydrogen-bond acceptors (Lipinski definition) is 5. The molecule has 128 valence electrons. The van der Waals surface area contributed by atoms with Crippen molar-refractivity contribution >= 4 is 5.97 Å². The van der Waals surface area contributed by atoms with Crippen LogP contribution < -0.4 is 4.74 Å². The first-order valence-electron chi connectivity index (χ1n) is 8.12. The van der Waals surface area contributed by atoms with Gasteiger partial charge < -0.3 is 9.84 Å². The van der Waals surface area contributed by atoms with E-state index in [2.05, 4.69) is 16.1 Å². The highest BCUT2D eigenvalue weighted by molar-refractivity contribution is 5.73. The summed E-state index contributed by atoms with van der Waals surface area (Å²) in [4.78, 5) is 17.5. The maximum absolute atomic E-state index is 11.5. The average molecular weight is 330 g/mol. The zero-order valence-electron chi connectivity index (χ0n) is 13.8. The number of carboxylic acids is 1. The van der Waals surface area contributed by atoms with Crippen molar-refractivity contribution in [2.75, 3.05) is 13.7 Å². The molecule has 0 saturated carbocycles. The molecule has 24 heavy (non-hydrogen) atoms. The van der Waals surface area contributed by atoms with E-state index < -0.39 is 5.97 Å². The summed E-state index contributed by atoms with van der Waals surface area (Å²) in [6.45, 7) is 2.02. The second-order valence-corrected chi connectivity index (χ2v) is 6.06. The van der Waals surface area contributed by atoms with Gasteiger partial charge in [0.15, 0.2) is 0 Å². The van der Waals surface area contributed by atoms with Crippen molar-refractivity contribution in [3.05, 3.63) is 42.0 Å². The lowest BCUT2D eigenvalue weighted by molar-refractivity contribution is -0.144. The van der Waals surface area contributed by atoms with Gasteiger partial charge in [-0.1, -0.05) is 12.5 Å². The van der Waals surface area contributed by atoms with Gasteiger partial charge >= 0.3 is 5.97 Å². The molecule has 0 radical (unpaired) electrons. The summed E-state index contributed by atoms with van der Waals surface area (Å²) in [5.74, 6) is 0.0636. The van der Waals surface area contributed by atoms with Gasteiger partial charge in [0.25, 0.3) is 0 Å². The van der Waals surface area contributed by atoms with E-state index in [-0.39, 0.29) is 6.04 Å². The Morgan fingerprint density at radius 2 is 2.25 bits per heavy atom. The Morgan fingerprint density at radius 1 is 1.38 bits per heavy atom. The van der Waals surface area contributed by atoms with Crippen LogP contribution in [0.15, 0.2) is 30.9 Å².